The van der Waals surface area contributed by atoms with E-state index in [1.807, 2.05) is 0 Å². The summed E-state index contributed by atoms with van der Waals surface area (Å²) in [5, 5.41) is 7.64. The molecule has 0 N–H and O–H groups in total. The molecule has 0 atom stereocenters. The Morgan fingerprint density at radius 2 is 1.26 bits per heavy atom. The highest BCUT2D eigenvalue weighted by Crippen LogP contribution is 2.41. The van der Waals surface area contributed by atoms with E-state index < -0.39 is 0 Å². The van der Waals surface area contributed by atoms with Crippen molar-refractivity contribution in [1.29, 1.82) is 0 Å². The standard InChI is InChI=1S/C33H20N2/c1-2-9-21(10-3-1)32-33-29-20-23(17-18-27(29)30-15-8-16-31(34-32)35(30)33)28-19-22-11-4-5-12-24(22)25-13-6-7-14-26(25)28/h1-20H. The van der Waals surface area contributed by atoms with Gasteiger partial charge >= 0.3 is 0 Å². The number of benzene rings is 5. The zero-order valence-corrected chi connectivity index (χ0v) is 18.9. The van der Waals surface area contributed by atoms with Crippen molar-refractivity contribution in [2.45, 2.75) is 0 Å². The minimum Gasteiger partial charge on any atom is -0.292 e. The van der Waals surface area contributed by atoms with Gasteiger partial charge in [0, 0.05) is 16.3 Å². The van der Waals surface area contributed by atoms with Gasteiger partial charge < -0.3 is 0 Å². The molecule has 0 bridgehead atoms. The van der Waals surface area contributed by atoms with Crippen molar-refractivity contribution in [3.63, 3.8) is 0 Å². The zero-order valence-electron chi connectivity index (χ0n) is 18.9. The minimum atomic E-state index is 0.991. The maximum Gasteiger partial charge on any atom is 0.138 e. The van der Waals surface area contributed by atoms with Gasteiger partial charge in [-0.3, -0.25) is 4.40 Å². The fourth-order valence-electron chi connectivity index (χ4n) is 5.77. The predicted octanol–water partition coefficient (Wildman–Crippen LogP) is 8.72. The van der Waals surface area contributed by atoms with Gasteiger partial charge in [0.2, 0.25) is 0 Å². The van der Waals surface area contributed by atoms with E-state index in [1.54, 1.807) is 0 Å². The van der Waals surface area contributed by atoms with Crippen LogP contribution in [-0.4, -0.2) is 9.38 Å². The van der Waals surface area contributed by atoms with Crippen molar-refractivity contribution in [3.8, 4) is 22.4 Å². The first-order valence-corrected chi connectivity index (χ1v) is 12.0. The number of nitrogens with zero attached hydrogens (tertiary/aromatic N) is 2. The first-order valence-electron chi connectivity index (χ1n) is 12.0. The molecule has 0 saturated carbocycles. The minimum absolute atomic E-state index is 0.991. The quantitative estimate of drug-likeness (QED) is 0.244. The molecule has 0 spiro atoms. The average molecular weight is 445 g/mol. The fraction of sp³-hybridized carbons (Fsp3) is 0. The van der Waals surface area contributed by atoms with E-state index in [4.69, 9.17) is 4.98 Å². The molecule has 0 aliphatic heterocycles. The van der Waals surface area contributed by atoms with Crippen molar-refractivity contribution in [3.05, 3.63) is 121 Å². The van der Waals surface area contributed by atoms with E-state index in [0.29, 0.717) is 0 Å². The summed E-state index contributed by atoms with van der Waals surface area (Å²) in [6, 6.07) is 43.6. The van der Waals surface area contributed by atoms with Gasteiger partial charge in [-0.1, -0.05) is 97.1 Å². The summed E-state index contributed by atoms with van der Waals surface area (Å²) in [7, 11) is 0. The van der Waals surface area contributed by atoms with Gasteiger partial charge in [-0.05, 0) is 56.9 Å². The largest absolute Gasteiger partial charge is 0.292 e. The molecule has 3 heterocycles. The first-order chi connectivity index (χ1) is 17.4. The Morgan fingerprint density at radius 3 is 2.14 bits per heavy atom. The molecule has 0 unspecified atom stereocenters. The molecule has 0 fully saturated rings. The van der Waals surface area contributed by atoms with E-state index in [9.17, 15) is 0 Å². The lowest BCUT2D eigenvalue weighted by Gasteiger charge is -2.11. The Bertz CT molecular complexity index is 2050. The van der Waals surface area contributed by atoms with Crippen LogP contribution in [0, 0.1) is 0 Å². The second kappa shape index (κ2) is 6.91. The van der Waals surface area contributed by atoms with Gasteiger partial charge in [-0.15, -0.1) is 0 Å². The molecule has 5 aromatic carbocycles. The second-order valence-corrected chi connectivity index (χ2v) is 9.23. The molecular formula is C33H20N2. The molecule has 8 rings (SSSR count). The summed E-state index contributed by atoms with van der Waals surface area (Å²) in [5.41, 5.74) is 8.06. The normalized spacial score (nSPS) is 12.0. The Morgan fingerprint density at radius 1 is 0.486 bits per heavy atom. The number of hydrogen-bond donors (Lipinski definition) is 0. The van der Waals surface area contributed by atoms with Gasteiger partial charge in [-0.25, -0.2) is 4.98 Å². The Balaban J connectivity index is 1.49. The molecule has 35 heavy (non-hydrogen) atoms. The van der Waals surface area contributed by atoms with Crippen LogP contribution in [0.15, 0.2) is 121 Å². The van der Waals surface area contributed by atoms with Crippen LogP contribution in [-0.2, 0) is 0 Å². The molecule has 2 nitrogen and oxygen atoms in total. The monoisotopic (exact) mass is 444 g/mol. The third-order valence-electron chi connectivity index (χ3n) is 7.32. The van der Waals surface area contributed by atoms with E-state index in [1.165, 1.54) is 54.5 Å². The van der Waals surface area contributed by atoms with Crippen LogP contribution in [0.1, 0.15) is 0 Å². The first kappa shape index (κ1) is 18.7. The summed E-state index contributed by atoms with van der Waals surface area (Å²) < 4.78 is 2.31. The SMILES string of the molecule is c1ccc(-c2nc3cccc4c5ccc(-c6cc7ccccc7c7ccccc67)cc5c2n34)cc1. The molecule has 0 aliphatic carbocycles. The summed E-state index contributed by atoms with van der Waals surface area (Å²) in [6.07, 6.45) is 0. The van der Waals surface area contributed by atoms with E-state index in [2.05, 4.69) is 126 Å². The highest BCUT2D eigenvalue weighted by molar-refractivity contribution is 6.17. The topological polar surface area (TPSA) is 17.3 Å². The number of rotatable bonds is 2. The van der Waals surface area contributed by atoms with E-state index in [0.717, 1.165) is 16.9 Å². The summed E-state index contributed by atoms with van der Waals surface area (Å²) in [4.78, 5) is 5.05. The van der Waals surface area contributed by atoms with Gasteiger partial charge in [-0.2, -0.15) is 0 Å². The smallest absolute Gasteiger partial charge is 0.138 e. The third kappa shape index (κ3) is 2.57. The molecule has 0 radical (unpaired) electrons. The Labute approximate surface area is 202 Å². The highest BCUT2D eigenvalue weighted by atomic mass is 15.0. The predicted molar refractivity (Wildman–Crippen MR) is 147 cm³/mol. The van der Waals surface area contributed by atoms with Crippen molar-refractivity contribution in [2.75, 3.05) is 0 Å². The Kier molecular flexibility index (Phi) is 3.69. The van der Waals surface area contributed by atoms with Crippen LogP contribution in [0.25, 0.3) is 71.4 Å². The van der Waals surface area contributed by atoms with E-state index >= 15 is 0 Å². The van der Waals surface area contributed by atoms with Crippen molar-refractivity contribution in [1.82, 2.24) is 9.38 Å². The van der Waals surface area contributed by atoms with Crippen molar-refractivity contribution in [2.24, 2.45) is 0 Å². The van der Waals surface area contributed by atoms with Crippen LogP contribution in [0.3, 0.4) is 0 Å². The summed E-state index contributed by atoms with van der Waals surface area (Å²) >= 11 is 0. The fourth-order valence-corrected chi connectivity index (χ4v) is 5.77. The third-order valence-corrected chi connectivity index (χ3v) is 7.32. The lowest BCUT2D eigenvalue weighted by Crippen LogP contribution is -1.85. The van der Waals surface area contributed by atoms with Gasteiger partial charge in [0.05, 0.1) is 16.7 Å². The molecule has 0 aliphatic rings. The van der Waals surface area contributed by atoms with E-state index in [-0.39, 0.29) is 0 Å². The lowest BCUT2D eigenvalue weighted by atomic mass is 9.92. The summed E-state index contributed by atoms with van der Waals surface area (Å²) in [5.74, 6) is 0. The summed E-state index contributed by atoms with van der Waals surface area (Å²) in [6.45, 7) is 0. The molecule has 0 saturated heterocycles. The van der Waals surface area contributed by atoms with Crippen molar-refractivity contribution >= 4 is 49.0 Å². The lowest BCUT2D eigenvalue weighted by molar-refractivity contribution is 1.31. The van der Waals surface area contributed by atoms with Gasteiger partial charge in [0.25, 0.3) is 0 Å². The van der Waals surface area contributed by atoms with Crippen molar-refractivity contribution < 1.29 is 0 Å². The van der Waals surface area contributed by atoms with Gasteiger partial charge in [0.1, 0.15) is 5.65 Å². The molecule has 162 valence electrons. The second-order valence-electron chi connectivity index (χ2n) is 9.23. The molecular weight excluding hydrogens is 424 g/mol. The molecule has 3 aromatic heterocycles. The number of imidazole rings is 1. The molecule has 8 aromatic rings. The number of fused-ring (bicyclic) bond motifs is 6. The van der Waals surface area contributed by atoms with Crippen LogP contribution < -0.4 is 0 Å². The maximum absolute atomic E-state index is 5.05. The number of hydrogen-bond acceptors (Lipinski definition) is 1. The van der Waals surface area contributed by atoms with Crippen LogP contribution in [0.5, 0.6) is 0 Å². The zero-order chi connectivity index (χ0) is 22.9. The number of aromatic nitrogens is 2. The van der Waals surface area contributed by atoms with Crippen LogP contribution in [0.4, 0.5) is 0 Å². The molecule has 2 heteroatoms. The number of pyridine rings is 1. The highest BCUT2D eigenvalue weighted by Gasteiger charge is 2.19. The Hall–Kier alpha value is -4.69. The molecule has 0 amide bonds. The van der Waals surface area contributed by atoms with Gasteiger partial charge in [0.15, 0.2) is 0 Å². The maximum atomic E-state index is 5.05. The van der Waals surface area contributed by atoms with Crippen LogP contribution >= 0.6 is 0 Å². The van der Waals surface area contributed by atoms with Crippen LogP contribution in [0.2, 0.25) is 0 Å². The average Bonchev–Trinajstić information content (AvgIpc) is 3.48.